The van der Waals surface area contributed by atoms with Crippen molar-refractivity contribution in [3.05, 3.63) is 77.4 Å². The minimum Gasteiger partial charge on any atom is -0.494 e. The third kappa shape index (κ3) is 7.06. The molecule has 4 rings (SSSR count). The minimum atomic E-state index is -0.562. The van der Waals surface area contributed by atoms with Gasteiger partial charge in [-0.2, -0.15) is 0 Å². The molecule has 2 aromatic carbocycles. The van der Waals surface area contributed by atoms with Gasteiger partial charge >= 0.3 is 11.9 Å². The lowest BCUT2D eigenvalue weighted by Gasteiger charge is -2.16. The van der Waals surface area contributed by atoms with E-state index in [2.05, 4.69) is 6.92 Å². The van der Waals surface area contributed by atoms with Crippen molar-refractivity contribution in [3.8, 4) is 5.75 Å². The van der Waals surface area contributed by atoms with Crippen LogP contribution in [0.15, 0.2) is 60.7 Å². The molecule has 0 spiro atoms. The summed E-state index contributed by atoms with van der Waals surface area (Å²) in [6.45, 7) is 5.19. The number of hydrogen-bond donors (Lipinski definition) is 0. The van der Waals surface area contributed by atoms with Crippen LogP contribution in [0.1, 0.15) is 36.5 Å². The van der Waals surface area contributed by atoms with E-state index in [1.54, 1.807) is 12.2 Å². The normalized spacial score (nSPS) is 23.2. The van der Waals surface area contributed by atoms with Crippen molar-refractivity contribution in [3.63, 3.8) is 0 Å². The van der Waals surface area contributed by atoms with Crippen LogP contribution in [0.5, 0.6) is 5.75 Å². The fourth-order valence-corrected chi connectivity index (χ4v) is 4.02. The molecule has 0 aliphatic carbocycles. The van der Waals surface area contributed by atoms with Gasteiger partial charge in [0.1, 0.15) is 18.0 Å². The lowest BCUT2D eigenvalue weighted by Crippen LogP contribution is -2.35. The molecule has 0 bridgehead atoms. The van der Waals surface area contributed by atoms with Gasteiger partial charge in [0, 0.05) is 12.2 Å². The highest BCUT2D eigenvalue weighted by molar-refractivity contribution is 5.87. The Morgan fingerprint density at radius 2 is 1.33 bits per heavy atom. The van der Waals surface area contributed by atoms with Crippen LogP contribution >= 0.6 is 0 Å². The van der Waals surface area contributed by atoms with E-state index in [0.717, 1.165) is 35.3 Å². The van der Waals surface area contributed by atoms with E-state index in [0.29, 0.717) is 6.61 Å². The highest BCUT2D eigenvalue weighted by Gasteiger charge is 2.51. The van der Waals surface area contributed by atoms with E-state index in [4.69, 9.17) is 23.7 Å². The van der Waals surface area contributed by atoms with Crippen LogP contribution in [-0.4, -0.2) is 56.2 Å². The molecular weight excluding hydrogens is 460 g/mol. The number of aryl methyl sites for hydroxylation is 1. The standard InChI is InChI=1S/C29H32O7/c1-3-4-17-32-23-13-9-22(10-14-23)12-16-27(31)36-25-19-34-28-24(18-33-29(25)28)35-26(30)15-11-21-7-5-20(2)6-8-21/h5-16,24-25,28-29H,3-4,17-19H2,1-2H3/b15-11+,16-12+/t24-,25+,28+,29+/m0/s1. The predicted octanol–water partition coefficient (Wildman–Crippen LogP) is 4.52. The molecule has 7 nitrogen and oxygen atoms in total. The Labute approximate surface area is 211 Å². The Morgan fingerprint density at radius 1 is 0.833 bits per heavy atom. The third-order valence-corrected chi connectivity index (χ3v) is 6.05. The number of esters is 2. The SMILES string of the molecule is CCCCOc1ccc(/C=C/C(=O)O[C@@H]2CO[C@H]3[C@@H]2OC[C@@H]3OC(=O)/C=C/c2ccc(C)cc2)cc1. The zero-order valence-corrected chi connectivity index (χ0v) is 20.6. The van der Waals surface area contributed by atoms with E-state index < -0.39 is 36.4 Å². The van der Waals surface area contributed by atoms with Crippen LogP contribution in [0.25, 0.3) is 12.2 Å². The molecule has 7 heteroatoms. The zero-order chi connectivity index (χ0) is 25.3. The van der Waals surface area contributed by atoms with Gasteiger partial charge < -0.3 is 23.7 Å². The molecule has 2 aliphatic rings. The van der Waals surface area contributed by atoms with E-state index in [1.807, 2.05) is 55.5 Å². The summed E-state index contributed by atoms with van der Waals surface area (Å²) in [6.07, 6.45) is 6.19. The summed E-state index contributed by atoms with van der Waals surface area (Å²) >= 11 is 0. The average Bonchev–Trinajstić information content (AvgIpc) is 3.46. The Bertz CT molecular complexity index is 1070. The van der Waals surface area contributed by atoms with Gasteiger partial charge in [-0.1, -0.05) is 55.3 Å². The molecule has 2 aliphatic heterocycles. The first-order valence-electron chi connectivity index (χ1n) is 12.3. The predicted molar refractivity (Wildman–Crippen MR) is 135 cm³/mol. The molecule has 36 heavy (non-hydrogen) atoms. The van der Waals surface area contributed by atoms with Crippen molar-refractivity contribution >= 4 is 24.1 Å². The van der Waals surface area contributed by atoms with Gasteiger partial charge in [0.2, 0.25) is 0 Å². The lowest BCUT2D eigenvalue weighted by atomic mass is 10.1. The Morgan fingerprint density at radius 3 is 1.83 bits per heavy atom. The second kappa shape index (κ2) is 12.5. The monoisotopic (exact) mass is 492 g/mol. The van der Waals surface area contributed by atoms with Crippen LogP contribution in [0, 0.1) is 6.92 Å². The number of fused-ring (bicyclic) bond motifs is 1. The van der Waals surface area contributed by atoms with Crippen molar-refractivity contribution in [2.45, 2.75) is 51.1 Å². The molecule has 0 saturated carbocycles. The van der Waals surface area contributed by atoms with E-state index in [1.165, 1.54) is 12.2 Å². The maximum atomic E-state index is 12.4. The van der Waals surface area contributed by atoms with Crippen LogP contribution in [0.3, 0.4) is 0 Å². The summed E-state index contributed by atoms with van der Waals surface area (Å²) in [5.74, 6) is -0.159. The molecule has 0 radical (unpaired) electrons. The van der Waals surface area contributed by atoms with Crippen LogP contribution in [0.4, 0.5) is 0 Å². The second-order valence-electron chi connectivity index (χ2n) is 8.89. The Hall–Kier alpha value is -3.42. The minimum absolute atomic E-state index is 0.186. The molecule has 4 atom stereocenters. The molecule has 2 saturated heterocycles. The van der Waals surface area contributed by atoms with E-state index >= 15 is 0 Å². The summed E-state index contributed by atoms with van der Waals surface area (Å²) in [6, 6.07) is 15.3. The van der Waals surface area contributed by atoms with Crippen molar-refractivity contribution in [2.24, 2.45) is 0 Å². The summed E-state index contributed by atoms with van der Waals surface area (Å²) in [5.41, 5.74) is 2.92. The summed E-state index contributed by atoms with van der Waals surface area (Å²) in [5, 5.41) is 0. The molecule has 190 valence electrons. The molecule has 0 N–H and O–H groups in total. The molecule has 2 heterocycles. The van der Waals surface area contributed by atoms with Crippen LogP contribution in [0.2, 0.25) is 0 Å². The number of benzene rings is 2. The van der Waals surface area contributed by atoms with Gasteiger partial charge in [-0.05, 0) is 48.8 Å². The number of ether oxygens (including phenoxy) is 5. The van der Waals surface area contributed by atoms with Crippen LogP contribution in [-0.2, 0) is 28.5 Å². The fourth-order valence-electron chi connectivity index (χ4n) is 4.02. The largest absolute Gasteiger partial charge is 0.494 e. The smallest absolute Gasteiger partial charge is 0.331 e. The van der Waals surface area contributed by atoms with Crippen molar-refractivity contribution in [1.29, 1.82) is 0 Å². The van der Waals surface area contributed by atoms with Gasteiger partial charge in [-0.15, -0.1) is 0 Å². The number of unbranched alkanes of at least 4 members (excludes halogenated alkanes) is 1. The summed E-state index contributed by atoms with van der Waals surface area (Å²) in [4.78, 5) is 24.6. The van der Waals surface area contributed by atoms with E-state index in [-0.39, 0.29) is 13.2 Å². The first-order chi connectivity index (χ1) is 17.5. The topological polar surface area (TPSA) is 80.3 Å². The van der Waals surface area contributed by atoms with Crippen molar-refractivity contribution in [1.82, 2.24) is 0 Å². The third-order valence-electron chi connectivity index (χ3n) is 6.05. The number of carbonyl (C=O) groups excluding carboxylic acids is 2. The Kier molecular flexibility index (Phi) is 8.92. The fraction of sp³-hybridized carbons (Fsp3) is 0.379. The molecule has 0 amide bonds. The quantitative estimate of drug-likeness (QED) is 0.274. The van der Waals surface area contributed by atoms with Crippen molar-refractivity contribution < 1.29 is 33.3 Å². The van der Waals surface area contributed by atoms with Crippen molar-refractivity contribution in [2.75, 3.05) is 19.8 Å². The molecule has 0 unspecified atom stereocenters. The van der Waals surface area contributed by atoms with Gasteiger partial charge in [-0.3, -0.25) is 0 Å². The number of rotatable bonds is 10. The molecular formula is C29H32O7. The summed E-state index contributed by atoms with van der Waals surface area (Å²) < 4.78 is 28.2. The molecule has 2 aromatic rings. The summed E-state index contributed by atoms with van der Waals surface area (Å²) in [7, 11) is 0. The van der Waals surface area contributed by atoms with Crippen LogP contribution < -0.4 is 4.74 Å². The maximum absolute atomic E-state index is 12.4. The lowest BCUT2D eigenvalue weighted by molar-refractivity contribution is -0.149. The van der Waals surface area contributed by atoms with Gasteiger partial charge in [-0.25, -0.2) is 9.59 Å². The first kappa shape index (κ1) is 25.7. The zero-order valence-electron chi connectivity index (χ0n) is 20.6. The highest BCUT2D eigenvalue weighted by atomic mass is 16.7. The molecule has 0 aromatic heterocycles. The highest BCUT2D eigenvalue weighted by Crippen LogP contribution is 2.31. The first-order valence-corrected chi connectivity index (χ1v) is 12.3. The van der Waals surface area contributed by atoms with Gasteiger partial charge in [0.25, 0.3) is 0 Å². The number of carbonyl (C=O) groups is 2. The number of hydrogen-bond acceptors (Lipinski definition) is 7. The molecule has 2 fully saturated rings. The van der Waals surface area contributed by atoms with Gasteiger partial charge in [0.15, 0.2) is 12.2 Å². The maximum Gasteiger partial charge on any atom is 0.331 e. The van der Waals surface area contributed by atoms with Gasteiger partial charge in [0.05, 0.1) is 19.8 Å². The Balaban J connectivity index is 1.23. The second-order valence-corrected chi connectivity index (χ2v) is 8.89. The van der Waals surface area contributed by atoms with E-state index in [9.17, 15) is 9.59 Å². The average molecular weight is 493 g/mol.